The van der Waals surface area contributed by atoms with Gasteiger partial charge in [-0.2, -0.15) is 0 Å². The molecule has 1 aromatic carbocycles. The summed E-state index contributed by atoms with van der Waals surface area (Å²) in [6, 6.07) is 8.71. The van der Waals surface area contributed by atoms with E-state index in [1.54, 1.807) is 0 Å². The number of carbonyl (C=O) groups is 2. The fraction of sp³-hybridized carbons (Fsp3) is 0.529. The Morgan fingerprint density at radius 3 is 2.22 bits per heavy atom. The summed E-state index contributed by atoms with van der Waals surface area (Å²) >= 11 is 0. The number of amides is 1. The maximum absolute atomic E-state index is 12.2. The number of esters is 1. The summed E-state index contributed by atoms with van der Waals surface area (Å²) < 4.78 is 10.4. The zero-order valence-corrected chi connectivity index (χ0v) is 15.8. The van der Waals surface area contributed by atoms with Gasteiger partial charge >= 0.3 is 12.1 Å². The van der Waals surface area contributed by atoms with Crippen molar-refractivity contribution in [3.63, 3.8) is 0 Å². The van der Waals surface area contributed by atoms with Crippen molar-refractivity contribution in [2.45, 2.75) is 51.4 Å². The van der Waals surface area contributed by atoms with E-state index in [2.05, 4.69) is 5.32 Å². The second kappa shape index (κ2) is 7.63. The highest BCUT2D eigenvalue weighted by molar-refractivity contribution is 6.75. The van der Waals surface area contributed by atoms with Gasteiger partial charge in [0.05, 0.1) is 7.11 Å². The van der Waals surface area contributed by atoms with E-state index >= 15 is 0 Å². The van der Waals surface area contributed by atoms with E-state index in [4.69, 9.17) is 9.16 Å². The van der Waals surface area contributed by atoms with Crippen molar-refractivity contribution in [2.24, 2.45) is 0 Å². The summed E-state index contributed by atoms with van der Waals surface area (Å²) in [4.78, 5) is 24.2. The van der Waals surface area contributed by atoms with E-state index in [0.717, 1.165) is 5.56 Å². The normalized spacial score (nSPS) is 13.1. The van der Waals surface area contributed by atoms with Crippen molar-refractivity contribution in [3.05, 3.63) is 35.9 Å². The number of rotatable bonds is 5. The number of hydrogen-bond donors (Lipinski definition) is 1. The second-order valence-electron chi connectivity index (χ2n) is 7.06. The molecule has 5 nitrogen and oxygen atoms in total. The van der Waals surface area contributed by atoms with Crippen LogP contribution >= 0.6 is 0 Å². The quantitative estimate of drug-likeness (QED) is 0.660. The summed E-state index contributed by atoms with van der Waals surface area (Å²) in [6.07, 6.45) is -0.206. The average Bonchev–Trinajstić information content (AvgIpc) is 2.45. The van der Waals surface area contributed by atoms with Crippen LogP contribution in [-0.2, 0) is 20.4 Å². The van der Waals surface area contributed by atoms with Gasteiger partial charge < -0.3 is 14.5 Å². The maximum atomic E-state index is 12.2. The molecule has 0 radical (unpaired) electrons. The smallest absolute Gasteiger partial charge is 0.394 e. The van der Waals surface area contributed by atoms with Gasteiger partial charge in [0.2, 0.25) is 0 Å². The molecule has 128 valence electrons. The minimum atomic E-state index is -2.24. The van der Waals surface area contributed by atoms with Gasteiger partial charge in [0.25, 0.3) is 8.32 Å². The van der Waals surface area contributed by atoms with Gasteiger partial charge in [-0.25, -0.2) is 9.59 Å². The van der Waals surface area contributed by atoms with Gasteiger partial charge in [-0.3, -0.25) is 0 Å². The zero-order chi connectivity index (χ0) is 17.7. The fourth-order valence-corrected chi connectivity index (χ4v) is 2.57. The van der Waals surface area contributed by atoms with E-state index in [0.29, 0.717) is 6.42 Å². The fourth-order valence-electron chi connectivity index (χ4n) is 1.74. The topological polar surface area (TPSA) is 64.6 Å². The van der Waals surface area contributed by atoms with Gasteiger partial charge in [0, 0.05) is 6.42 Å². The number of methoxy groups -OCH3 is 1. The van der Waals surface area contributed by atoms with E-state index in [1.807, 2.05) is 64.2 Å². The first-order valence-corrected chi connectivity index (χ1v) is 10.6. The summed E-state index contributed by atoms with van der Waals surface area (Å²) in [6.45, 7) is 10.1. The van der Waals surface area contributed by atoms with Crippen LogP contribution in [0.3, 0.4) is 0 Å². The third kappa shape index (κ3) is 5.71. The van der Waals surface area contributed by atoms with Gasteiger partial charge in [-0.15, -0.1) is 0 Å². The van der Waals surface area contributed by atoms with Gasteiger partial charge in [-0.05, 0) is 23.7 Å². The number of hydrogen-bond acceptors (Lipinski definition) is 4. The standard InChI is InChI=1S/C17H27NO4Si/c1-17(2,3)23(5,6)22-16(20)18-14(15(19)21-4)12-13-10-8-7-9-11-13/h7-11,14H,12H2,1-6H3,(H,18,20)/t14-/m0/s1. The Balaban J connectivity index is 2.78. The molecule has 1 amide bonds. The van der Waals surface area contributed by atoms with Gasteiger partial charge in [0.1, 0.15) is 6.04 Å². The molecule has 1 rings (SSSR count). The molecule has 0 saturated carbocycles. The number of benzene rings is 1. The van der Waals surface area contributed by atoms with Gasteiger partial charge in [0.15, 0.2) is 0 Å². The van der Waals surface area contributed by atoms with Crippen LogP contribution in [0.1, 0.15) is 26.3 Å². The van der Waals surface area contributed by atoms with Crippen molar-refractivity contribution in [1.29, 1.82) is 0 Å². The van der Waals surface area contributed by atoms with Crippen LogP contribution in [0.4, 0.5) is 4.79 Å². The highest BCUT2D eigenvalue weighted by Crippen LogP contribution is 2.36. The Bertz CT molecular complexity index is 537. The summed E-state index contributed by atoms with van der Waals surface area (Å²) in [7, 11) is -0.929. The van der Waals surface area contributed by atoms with E-state index in [9.17, 15) is 9.59 Å². The van der Waals surface area contributed by atoms with Gasteiger partial charge in [-0.1, -0.05) is 51.1 Å². The van der Waals surface area contributed by atoms with E-state index in [1.165, 1.54) is 7.11 Å². The Kier molecular flexibility index (Phi) is 6.38. The first kappa shape index (κ1) is 19.2. The van der Waals surface area contributed by atoms with Crippen LogP contribution in [-0.4, -0.2) is 33.5 Å². The predicted octanol–water partition coefficient (Wildman–Crippen LogP) is 3.50. The lowest BCUT2D eigenvalue weighted by molar-refractivity contribution is -0.142. The van der Waals surface area contributed by atoms with Crippen LogP contribution in [0.5, 0.6) is 0 Å². The molecule has 0 spiro atoms. The van der Waals surface area contributed by atoms with Crippen molar-refractivity contribution in [2.75, 3.05) is 7.11 Å². The summed E-state index contributed by atoms with van der Waals surface area (Å²) in [5.41, 5.74) is 0.940. The molecule has 0 unspecified atom stereocenters. The van der Waals surface area contributed by atoms with Crippen LogP contribution in [0.25, 0.3) is 0 Å². The number of nitrogens with one attached hydrogen (secondary N) is 1. The molecular weight excluding hydrogens is 310 g/mol. The molecule has 0 saturated heterocycles. The van der Waals surface area contributed by atoms with Crippen LogP contribution in [0.2, 0.25) is 18.1 Å². The minimum Gasteiger partial charge on any atom is -0.504 e. The average molecular weight is 337 g/mol. The largest absolute Gasteiger partial charge is 0.504 e. The molecule has 1 atom stereocenters. The third-order valence-electron chi connectivity index (χ3n) is 4.21. The van der Waals surface area contributed by atoms with E-state index in [-0.39, 0.29) is 5.04 Å². The molecule has 0 aliphatic rings. The van der Waals surface area contributed by atoms with Crippen LogP contribution in [0, 0.1) is 0 Å². The Morgan fingerprint density at radius 2 is 1.74 bits per heavy atom. The van der Waals surface area contributed by atoms with Crippen LogP contribution in [0.15, 0.2) is 30.3 Å². The molecule has 0 aromatic heterocycles. The highest BCUT2D eigenvalue weighted by atomic mass is 28.4. The zero-order valence-electron chi connectivity index (χ0n) is 14.8. The lowest BCUT2D eigenvalue weighted by Crippen LogP contribution is -2.49. The molecule has 0 bridgehead atoms. The summed E-state index contributed by atoms with van der Waals surface area (Å²) in [5.74, 6) is -0.485. The predicted molar refractivity (Wildman–Crippen MR) is 92.8 cm³/mol. The van der Waals surface area contributed by atoms with Crippen LogP contribution < -0.4 is 5.32 Å². The molecular formula is C17H27NO4Si. The van der Waals surface area contributed by atoms with Crippen molar-refractivity contribution >= 4 is 20.4 Å². The number of carbonyl (C=O) groups excluding carboxylic acids is 2. The molecule has 23 heavy (non-hydrogen) atoms. The molecule has 1 aromatic rings. The first-order valence-electron chi connectivity index (χ1n) is 7.68. The monoisotopic (exact) mass is 337 g/mol. The Morgan fingerprint density at radius 1 is 1.17 bits per heavy atom. The molecule has 0 heterocycles. The molecule has 0 aliphatic heterocycles. The molecule has 6 heteroatoms. The lowest BCUT2D eigenvalue weighted by Gasteiger charge is -2.35. The Hall–Kier alpha value is -1.82. The van der Waals surface area contributed by atoms with Crippen molar-refractivity contribution in [1.82, 2.24) is 5.32 Å². The lowest BCUT2D eigenvalue weighted by atomic mass is 10.1. The van der Waals surface area contributed by atoms with Crippen molar-refractivity contribution < 1.29 is 18.8 Å². The third-order valence-corrected chi connectivity index (χ3v) is 8.52. The second-order valence-corrected chi connectivity index (χ2v) is 11.8. The SMILES string of the molecule is COC(=O)[C@H](Cc1ccccc1)NC(=O)O[Si](C)(C)C(C)(C)C. The number of ether oxygens (including phenoxy) is 1. The molecule has 0 fully saturated rings. The van der Waals surface area contributed by atoms with Crippen molar-refractivity contribution in [3.8, 4) is 0 Å². The first-order chi connectivity index (χ1) is 10.6. The maximum Gasteiger partial charge on any atom is 0.394 e. The Labute approximate surface area is 139 Å². The van der Waals surface area contributed by atoms with E-state index < -0.39 is 26.4 Å². The molecule has 0 aliphatic carbocycles. The minimum absolute atomic E-state index is 0.0927. The highest BCUT2D eigenvalue weighted by Gasteiger charge is 2.41. The summed E-state index contributed by atoms with van der Waals surface area (Å²) in [5, 5.41) is 2.55. The molecule has 1 N–H and O–H groups in total.